The van der Waals surface area contributed by atoms with Gasteiger partial charge in [0.05, 0.1) is 0 Å². The minimum atomic E-state index is -6.29. The van der Waals surface area contributed by atoms with E-state index in [1.54, 1.807) is 0 Å². The van der Waals surface area contributed by atoms with Crippen molar-refractivity contribution in [3.8, 4) is 0 Å². The summed E-state index contributed by atoms with van der Waals surface area (Å²) in [5.41, 5.74) is -5.32. The number of ether oxygens (including phenoxy) is 1. The molecule has 5 nitrogen and oxygen atoms in total. The van der Waals surface area contributed by atoms with Crippen molar-refractivity contribution in [1.29, 1.82) is 0 Å². The van der Waals surface area contributed by atoms with Crippen LogP contribution in [-0.4, -0.2) is 42.6 Å². The average Bonchev–Trinajstić information content (AvgIpc) is 2.94. The van der Waals surface area contributed by atoms with Crippen LogP contribution in [0, 0.1) is 0 Å². The fourth-order valence-electron chi connectivity index (χ4n) is 5.73. The average molecular weight is 697 g/mol. The zero-order valence-corrected chi connectivity index (χ0v) is 29.1. The third-order valence-corrected chi connectivity index (χ3v) is 9.35. The Morgan fingerprint density at radius 2 is 0.739 bits per heavy atom. The van der Waals surface area contributed by atoms with Crippen LogP contribution in [0.1, 0.15) is 187 Å². The highest BCUT2D eigenvalue weighted by Gasteiger charge is 2.75. The lowest BCUT2D eigenvalue weighted by Gasteiger charge is -2.35. The molecule has 0 fully saturated rings. The Labute approximate surface area is 275 Å². The Balaban J connectivity index is 3.65. The summed E-state index contributed by atoms with van der Waals surface area (Å²) in [4.78, 5) is 11.8. The third-order valence-electron chi connectivity index (χ3n) is 8.57. The van der Waals surface area contributed by atoms with E-state index in [9.17, 15) is 39.6 Å². The molecule has 1 N–H and O–H groups in total. The van der Waals surface area contributed by atoms with Crippen LogP contribution in [0.25, 0.3) is 0 Å². The molecule has 0 amide bonds. The standard InChI is InChI=1S/C34H62F6O5S/c1-2-3-4-5-6-7-8-9-10-11-12-13-14-15-16-17-18-19-20-21-22-23-24-25-26-27-28-29-31(41)45-32(33(35,36)37,34(38,39)40)30-46(42,43)44/h2-30H2,1H3,(H,42,43,44). The molecule has 46 heavy (non-hydrogen) atoms. The molecular formula is C34H62F6O5S. The van der Waals surface area contributed by atoms with Crippen LogP contribution in [0.15, 0.2) is 0 Å². The lowest BCUT2D eigenvalue weighted by atomic mass is 10.0. The first-order valence-electron chi connectivity index (χ1n) is 18.0. The van der Waals surface area contributed by atoms with Crippen molar-refractivity contribution in [2.24, 2.45) is 0 Å². The number of halogens is 6. The second-order valence-corrected chi connectivity index (χ2v) is 14.4. The summed E-state index contributed by atoms with van der Waals surface area (Å²) >= 11 is 0. The molecule has 0 saturated carbocycles. The van der Waals surface area contributed by atoms with E-state index in [-0.39, 0.29) is 6.42 Å². The maximum absolute atomic E-state index is 13.2. The van der Waals surface area contributed by atoms with Gasteiger partial charge in [0.2, 0.25) is 0 Å². The molecule has 0 aliphatic heterocycles. The van der Waals surface area contributed by atoms with Gasteiger partial charge in [-0.05, 0) is 6.42 Å². The van der Waals surface area contributed by atoms with Gasteiger partial charge in [-0.15, -0.1) is 0 Å². The van der Waals surface area contributed by atoms with Gasteiger partial charge in [-0.3, -0.25) is 9.35 Å². The number of hydrogen-bond donors (Lipinski definition) is 1. The molecule has 0 heterocycles. The van der Waals surface area contributed by atoms with Crippen LogP contribution in [0.5, 0.6) is 0 Å². The van der Waals surface area contributed by atoms with Gasteiger partial charge < -0.3 is 4.74 Å². The molecule has 0 radical (unpaired) electrons. The molecule has 0 aromatic heterocycles. The van der Waals surface area contributed by atoms with Gasteiger partial charge in [-0.2, -0.15) is 34.8 Å². The molecule has 276 valence electrons. The fraction of sp³-hybridized carbons (Fsp3) is 0.971. The fourth-order valence-corrected chi connectivity index (χ4v) is 6.63. The molecule has 0 saturated heterocycles. The topological polar surface area (TPSA) is 80.7 Å². The van der Waals surface area contributed by atoms with Gasteiger partial charge in [0, 0.05) is 6.42 Å². The number of carbonyl (C=O) groups is 1. The van der Waals surface area contributed by atoms with Crippen molar-refractivity contribution >= 4 is 16.1 Å². The first-order valence-corrected chi connectivity index (χ1v) is 19.6. The predicted molar refractivity (Wildman–Crippen MR) is 172 cm³/mol. The molecule has 0 aliphatic carbocycles. The Morgan fingerprint density at radius 3 is 0.957 bits per heavy atom. The largest absolute Gasteiger partial charge is 0.438 e. The highest BCUT2D eigenvalue weighted by atomic mass is 32.2. The van der Waals surface area contributed by atoms with Crippen LogP contribution in [-0.2, 0) is 19.6 Å². The van der Waals surface area contributed by atoms with E-state index < -0.39 is 46.2 Å². The van der Waals surface area contributed by atoms with Crippen LogP contribution >= 0.6 is 0 Å². The molecule has 0 aromatic rings. The minimum absolute atomic E-state index is 0.00978. The van der Waals surface area contributed by atoms with Crippen molar-refractivity contribution < 1.29 is 48.8 Å². The van der Waals surface area contributed by atoms with Gasteiger partial charge in [0.15, 0.2) is 0 Å². The van der Waals surface area contributed by atoms with Crippen LogP contribution < -0.4 is 0 Å². The summed E-state index contributed by atoms with van der Waals surface area (Å²) in [6.07, 6.45) is 18.7. The first kappa shape index (κ1) is 45.0. The van der Waals surface area contributed by atoms with E-state index in [4.69, 9.17) is 4.55 Å². The van der Waals surface area contributed by atoms with Crippen LogP contribution in [0.4, 0.5) is 26.3 Å². The first-order chi connectivity index (χ1) is 21.7. The number of hydrogen-bond acceptors (Lipinski definition) is 4. The summed E-state index contributed by atoms with van der Waals surface area (Å²) in [7, 11) is -5.77. The van der Waals surface area contributed by atoms with Crippen LogP contribution in [0.3, 0.4) is 0 Å². The number of alkyl halides is 6. The van der Waals surface area contributed by atoms with Crippen molar-refractivity contribution in [2.45, 2.75) is 205 Å². The second kappa shape index (κ2) is 25.9. The molecular weight excluding hydrogens is 634 g/mol. The minimum Gasteiger partial charge on any atom is -0.438 e. The summed E-state index contributed by atoms with van der Waals surface area (Å²) in [6.45, 7) is 2.26. The number of unbranched alkanes of at least 4 members (excludes halogenated alkanes) is 26. The molecule has 0 atom stereocenters. The second-order valence-electron chi connectivity index (χ2n) is 13.0. The van der Waals surface area contributed by atoms with Gasteiger partial charge in [0.25, 0.3) is 10.1 Å². The maximum Gasteiger partial charge on any atom is 0.438 e. The zero-order chi connectivity index (χ0) is 34.8. The summed E-state index contributed by atoms with van der Waals surface area (Å²) in [6, 6.07) is 0. The van der Waals surface area contributed by atoms with E-state index in [1.165, 1.54) is 128 Å². The van der Waals surface area contributed by atoms with E-state index in [1.807, 2.05) is 0 Å². The summed E-state index contributed by atoms with van der Waals surface area (Å²) in [5.74, 6) is -4.67. The molecule has 0 aromatic carbocycles. The van der Waals surface area contributed by atoms with Crippen molar-refractivity contribution in [3.63, 3.8) is 0 Å². The highest BCUT2D eigenvalue weighted by molar-refractivity contribution is 7.85. The normalized spacial score (nSPS) is 13.0. The van der Waals surface area contributed by atoms with Gasteiger partial charge in [-0.25, -0.2) is 0 Å². The third kappa shape index (κ3) is 23.3. The van der Waals surface area contributed by atoms with Crippen molar-refractivity contribution in [3.05, 3.63) is 0 Å². The molecule has 0 aliphatic rings. The van der Waals surface area contributed by atoms with Gasteiger partial charge in [-0.1, -0.05) is 174 Å². The summed E-state index contributed by atoms with van der Waals surface area (Å²) in [5, 5.41) is 0. The lowest BCUT2D eigenvalue weighted by molar-refractivity contribution is -0.361. The Kier molecular flexibility index (Phi) is 25.3. The van der Waals surface area contributed by atoms with Gasteiger partial charge >= 0.3 is 23.9 Å². The lowest BCUT2D eigenvalue weighted by Crippen LogP contribution is -2.63. The van der Waals surface area contributed by atoms with E-state index in [0.717, 1.165) is 25.7 Å². The monoisotopic (exact) mass is 696 g/mol. The van der Waals surface area contributed by atoms with Gasteiger partial charge in [0.1, 0.15) is 5.75 Å². The predicted octanol–water partition coefficient (Wildman–Crippen LogP) is 12.2. The number of rotatable bonds is 31. The smallest absolute Gasteiger partial charge is 0.438 e. The summed E-state index contributed by atoms with van der Waals surface area (Å²) < 4.78 is 113. The van der Waals surface area contributed by atoms with E-state index in [2.05, 4.69) is 11.7 Å². The quantitative estimate of drug-likeness (QED) is 0.0338. The SMILES string of the molecule is CCCCCCCCCCCCCCCCCCCCCCCCCCCCCC(=O)OC(CS(=O)(=O)O)(C(F)(F)F)C(F)(F)F. The molecule has 12 heteroatoms. The van der Waals surface area contributed by atoms with E-state index in [0.29, 0.717) is 12.8 Å². The van der Waals surface area contributed by atoms with Crippen molar-refractivity contribution in [1.82, 2.24) is 0 Å². The molecule has 0 spiro atoms. The Morgan fingerprint density at radius 1 is 0.500 bits per heavy atom. The number of carbonyl (C=O) groups excluding carboxylic acids is 1. The van der Waals surface area contributed by atoms with Crippen LogP contribution in [0.2, 0.25) is 0 Å². The van der Waals surface area contributed by atoms with Crippen molar-refractivity contribution in [2.75, 3.05) is 5.75 Å². The zero-order valence-electron chi connectivity index (χ0n) is 28.3. The Bertz CT molecular complexity index is 832. The Hall–Kier alpha value is -1.04. The van der Waals surface area contributed by atoms with E-state index >= 15 is 0 Å². The molecule has 0 rings (SSSR count). The highest BCUT2D eigenvalue weighted by Crippen LogP contribution is 2.47. The maximum atomic E-state index is 13.2. The molecule has 0 unspecified atom stereocenters. The number of esters is 1. The molecule has 0 bridgehead atoms.